The van der Waals surface area contributed by atoms with Crippen LogP contribution in [0.15, 0.2) is 0 Å². The van der Waals surface area contributed by atoms with Gasteiger partial charge in [0.2, 0.25) is 0 Å². The van der Waals surface area contributed by atoms with Crippen molar-refractivity contribution in [3.8, 4) is 0 Å². The average molecular weight is 329 g/mol. The van der Waals surface area contributed by atoms with Crippen LogP contribution in [0.5, 0.6) is 0 Å². The second-order valence-electron chi connectivity index (χ2n) is 7.90. The number of unbranched alkanes of at least 4 members (excludes halogenated alkanes) is 8. The summed E-state index contributed by atoms with van der Waals surface area (Å²) in [5, 5.41) is 0. The van der Waals surface area contributed by atoms with Gasteiger partial charge in [-0.05, 0) is 31.5 Å². The molecule has 0 aromatic carbocycles. The molecule has 0 aliphatic rings. The first-order valence-electron chi connectivity index (χ1n) is 10.1. The van der Waals surface area contributed by atoms with Gasteiger partial charge in [-0.2, -0.15) is 0 Å². The Morgan fingerprint density at radius 2 is 1.09 bits per heavy atom. The van der Waals surface area contributed by atoms with Crippen molar-refractivity contribution >= 4 is 8.32 Å². The lowest BCUT2D eigenvalue weighted by atomic mass is 10.0. The molecule has 0 bridgehead atoms. The highest BCUT2D eigenvalue weighted by atomic mass is 28.4. The van der Waals surface area contributed by atoms with Crippen LogP contribution >= 0.6 is 0 Å². The molecule has 0 radical (unpaired) electrons. The lowest BCUT2D eigenvalue weighted by molar-refractivity contribution is 0.160. The molecule has 0 heterocycles. The van der Waals surface area contributed by atoms with E-state index in [1.165, 1.54) is 77.0 Å². The van der Waals surface area contributed by atoms with E-state index in [0.29, 0.717) is 6.10 Å². The highest BCUT2D eigenvalue weighted by Gasteiger charge is 2.29. The zero-order chi connectivity index (χ0) is 16.8. The van der Waals surface area contributed by atoms with Crippen LogP contribution in [0.3, 0.4) is 0 Å². The molecule has 0 N–H and O–H groups in total. The van der Waals surface area contributed by atoms with Gasteiger partial charge in [-0.15, -0.1) is 0 Å². The van der Waals surface area contributed by atoms with Gasteiger partial charge in [-0.3, -0.25) is 0 Å². The number of hydrogen-bond donors (Lipinski definition) is 0. The topological polar surface area (TPSA) is 9.23 Å². The summed E-state index contributed by atoms with van der Waals surface area (Å²) in [6.07, 6.45) is 16.9. The summed E-state index contributed by atoms with van der Waals surface area (Å²) in [7, 11) is -1.49. The van der Waals surface area contributed by atoms with Crippen LogP contribution in [-0.2, 0) is 4.43 Å². The molecule has 0 amide bonds. The second kappa shape index (κ2) is 13.6. The summed E-state index contributed by atoms with van der Waals surface area (Å²) in [5.41, 5.74) is 0.718. The summed E-state index contributed by atoms with van der Waals surface area (Å²) >= 11 is 0. The SMILES string of the molecule is CCCCCCCCC(CCCCCC)O[Si](C)(C)C(C)C. The van der Waals surface area contributed by atoms with Crippen molar-refractivity contribution in [3.05, 3.63) is 0 Å². The fourth-order valence-corrected chi connectivity index (χ4v) is 4.15. The van der Waals surface area contributed by atoms with Gasteiger partial charge in [-0.25, -0.2) is 0 Å². The van der Waals surface area contributed by atoms with E-state index in [9.17, 15) is 0 Å². The van der Waals surface area contributed by atoms with Crippen LogP contribution in [-0.4, -0.2) is 14.4 Å². The molecule has 0 spiro atoms. The van der Waals surface area contributed by atoms with E-state index in [4.69, 9.17) is 4.43 Å². The van der Waals surface area contributed by atoms with Gasteiger partial charge in [0, 0.05) is 6.10 Å². The Labute approximate surface area is 142 Å². The molecule has 2 heteroatoms. The van der Waals surface area contributed by atoms with Gasteiger partial charge in [-0.1, -0.05) is 91.9 Å². The van der Waals surface area contributed by atoms with Gasteiger partial charge < -0.3 is 4.43 Å². The predicted molar refractivity (Wildman–Crippen MR) is 104 cm³/mol. The van der Waals surface area contributed by atoms with Gasteiger partial charge in [0.1, 0.15) is 0 Å². The van der Waals surface area contributed by atoms with Crippen molar-refractivity contribution in [2.24, 2.45) is 0 Å². The third-order valence-electron chi connectivity index (χ3n) is 5.12. The fourth-order valence-electron chi connectivity index (χ4n) is 2.78. The highest BCUT2D eigenvalue weighted by molar-refractivity contribution is 6.72. The maximum Gasteiger partial charge on any atom is 0.189 e. The minimum Gasteiger partial charge on any atom is -0.414 e. The molecule has 1 unspecified atom stereocenters. The molecular weight excluding hydrogens is 284 g/mol. The molecule has 0 aliphatic carbocycles. The Hall–Kier alpha value is 0.177. The summed E-state index contributed by atoms with van der Waals surface area (Å²) in [6.45, 7) is 14.1. The molecule has 1 atom stereocenters. The Morgan fingerprint density at radius 1 is 0.682 bits per heavy atom. The van der Waals surface area contributed by atoms with E-state index in [2.05, 4.69) is 40.8 Å². The molecular formula is C20H44OSi. The molecule has 0 aromatic heterocycles. The molecule has 0 aromatic rings. The molecule has 0 saturated carbocycles. The first-order valence-corrected chi connectivity index (χ1v) is 13.1. The van der Waals surface area contributed by atoms with Crippen molar-refractivity contribution in [2.75, 3.05) is 0 Å². The van der Waals surface area contributed by atoms with E-state index in [1.54, 1.807) is 0 Å². The standard InChI is InChI=1S/C20H44OSi/c1-7-9-11-13-14-16-18-20(17-15-12-10-8-2)21-22(5,6)19(3)4/h19-20H,7-18H2,1-6H3. The van der Waals surface area contributed by atoms with Crippen molar-refractivity contribution in [1.29, 1.82) is 0 Å². The molecule has 0 aliphatic heterocycles. The minimum absolute atomic E-state index is 0.534. The fraction of sp³-hybridized carbons (Fsp3) is 1.00. The summed E-state index contributed by atoms with van der Waals surface area (Å²) in [6, 6.07) is 0. The quantitative estimate of drug-likeness (QED) is 0.221. The number of rotatable bonds is 15. The smallest absolute Gasteiger partial charge is 0.189 e. The van der Waals surface area contributed by atoms with Crippen LogP contribution in [0.1, 0.15) is 105 Å². The van der Waals surface area contributed by atoms with E-state index in [-0.39, 0.29) is 0 Å². The first kappa shape index (κ1) is 22.2. The van der Waals surface area contributed by atoms with Gasteiger partial charge in [0.05, 0.1) is 0 Å². The van der Waals surface area contributed by atoms with Crippen molar-refractivity contribution in [2.45, 2.75) is 129 Å². The van der Waals surface area contributed by atoms with Crippen molar-refractivity contribution in [3.63, 3.8) is 0 Å². The summed E-state index contributed by atoms with van der Waals surface area (Å²) in [5.74, 6) is 0. The Balaban J connectivity index is 4.10. The molecule has 22 heavy (non-hydrogen) atoms. The van der Waals surface area contributed by atoms with Gasteiger partial charge in [0.15, 0.2) is 8.32 Å². The average Bonchev–Trinajstić information content (AvgIpc) is 2.46. The van der Waals surface area contributed by atoms with Gasteiger partial charge >= 0.3 is 0 Å². The summed E-state index contributed by atoms with van der Waals surface area (Å²) in [4.78, 5) is 0. The molecule has 1 nitrogen and oxygen atoms in total. The summed E-state index contributed by atoms with van der Waals surface area (Å²) < 4.78 is 6.65. The highest BCUT2D eigenvalue weighted by Crippen LogP contribution is 2.27. The van der Waals surface area contributed by atoms with Crippen molar-refractivity contribution < 1.29 is 4.43 Å². The predicted octanol–water partition coefficient (Wildman–Crippen LogP) is 7.71. The van der Waals surface area contributed by atoms with E-state index in [1.807, 2.05) is 0 Å². The van der Waals surface area contributed by atoms with Crippen LogP contribution < -0.4 is 0 Å². The zero-order valence-electron chi connectivity index (χ0n) is 16.5. The van der Waals surface area contributed by atoms with E-state index >= 15 is 0 Å². The Bertz CT molecular complexity index is 238. The number of hydrogen-bond acceptors (Lipinski definition) is 1. The molecule has 0 saturated heterocycles. The Kier molecular flexibility index (Phi) is 13.7. The maximum atomic E-state index is 6.65. The lowest BCUT2D eigenvalue weighted by Gasteiger charge is -2.32. The molecule has 134 valence electrons. The monoisotopic (exact) mass is 328 g/mol. The van der Waals surface area contributed by atoms with Crippen LogP contribution in [0.4, 0.5) is 0 Å². The molecule has 0 rings (SSSR count). The van der Waals surface area contributed by atoms with Gasteiger partial charge in [0.25, 0.3) is 0 Å². The first-order chi connectivity index (χ1) is 10.4. The lowest BCUT2D eigenvalue weighted by Crippen LogP contribution is -2.38. The maximum absolute atomic E-state index is 6.65. The van der Waals surface area contributed by atoms with E-state index < -0.39 is 8.32 Å². The third-order valence-corrected chi connectivity index (χ3v) is 8.84. The molecule has 0 fully saturated rings. The van der Waals surface area contributed by atoms with Crippen molar-refractivity contribution in [1.82, 2.24) is 0 Å². The second-order valence-corrected chi connectivity index (χ2v) is 12.5. The minimum atomic E-state index is -1.49. The van der Waals surface area contributed by atoms with Crippen LogP contribution in [0.2, 0.25) is 18.6 Å². The normalized spacial score (nSPS) is 13.8. The third kappa shape index (κ3) is 11.7. The largest absolute Gasteiger partial charge is 0.414 e. The zero-order valence-corrected chi connectivity index (χ0v) is 17.5. The van der Waals surface area contributed by atoms with E-state index in [0.717, 1.165) is 5.54 Å². The Morgan fingerprint density at radius 3 is 1.55 bits per heavy atom. The van der Waals surface area contributed by atoms with Crippen LogP contribution in [0.25, 0.3) is 0 Å². The van der Waals surface area contributed by atoms with Crippen LogP contribution in [0, 0.1) is 0 Å².